The Hall–Kier alpha value is -2.98. The second-order valence-electron chi connectivity index (χ2n) is 7.42. The summed E-state index contributed by atoms with van der Waals surface area (Å²) in [7, 11) is -5.99. The molecule has 0 heterocycles. The van der Waals surface area contributed by atoms with Crippen molar-refractivity contribution in [3.63, 3.8) is 0 Å². The van der Waals surface area contributed by atoms with Gasteiger partial charge < -0.3 is 9.66 Å². The molecule has 4 rings (SSSR count). The molecule has 0 aliphatic rings. The van der Waals surface area contributed by atoms with Crippen LogP contribution in [0.5, 0.6) is 5.75 Å². The summed E-state index contributed by atoms with van der Waals surface area (Å²) in [6.45, 7) is 3.90. The Morgan fingerprint density at radius 3 is 1.38 bits per heavy atom. The summed E-state index contributed by atoms with van der Waals surface area (Å²) in [6.07, 6.45) is 0. The largest absolute Gasteiger partial charge is 0.744 e. The van der Waals surface area contributed by atoms with Crippen molar-refractivity contribution in [1.82, 2.24) is 0 Å². The zero-order chi connectivity index (χ0) is 23.2. The molecule has 0 radical (unpaired) electrons. The van der Waals surface area contributed by atoms with Crippen molar-refractivity contribution < 1.29 is 18.1 Å². The minimum atomic E-state index is -4.47. The lowest BCUT2D eigenvalue weighted by molar-refractivity contribution is 0.455. The van der Waals surface area contributed by atoms with Crippen LogP contribution in [0.1, 0.15) is 5.56 Å². The molecule has 0 aromatic heterocycles. The first-order valence-electron chi connectivity index (χ1n) is 10.0. The molecule has 0 bridgehead atoms. The van der Waals surface area contributed by atoms with Crippen LogP contribution in [0.3, 0.4) is 0 Å². The van der Waals surface area contributed by atoms with Crippen molar-refractivity contribution >= 4 is 33.3 Å². The first kappa shape index (κ1) is 23.7. The minimum absolute atomic E-state index is 0.227. The smallest absolute Gasteiger partial charge is 0.124 e. The van der Waals surface area contributed by atoms with Gasteiger partial charge >= 0.3 is 0 Å². The van der Waals surface area contributed by atoms with Crippen molar-refractivity contribution in [2.75, 3.05) is 6.66 Å². The first-order valence-corrected chi connectivity index (χ1v) is 13.7. The van der Waals surface area contributed by atoms with Crippen LogP contribution in [-0.4, -0.2) is 24.7 Å². The molecule has 0 aliphatic heterocycles. The van der Waals surface area contributed by atoms with E-state index in [2.05, 4.69) is 97.7 Å². The van der Waals surface area contributed by atoms with Crippen LogP contribution >= 0.6 is 7.26 Å². The van der Waals surface area contributed by atoms with Crippen LogP contribution in [0, 0.1) is 6.92 Å². The molecular formula is C26H25O4PS. The lowest BCUT2D eigenvalue weighted by atomic mass is 10.2. The van der Waals surface area contributed by atoms with Crippen LogP contribution in [0.4, 0.5) is 0 Å². The molecule has 164 valence electrons. The highest BCUT2D eigenvalue weighted by Crippen LogP contribution is 2.51. The van der Waals surface area contributed by atoms with Gasteiger partial charge in [-0.1, -0.05) is 60.7 Å². The van der Waals surface area contributed by atoms with Crippen molar-refractivity contribution in [1.29, 1.82) is 0 Å². The van der Waals surface area contributed by atoms with E-state index in [0.717, 1.165) is 6.07 Å². The van der Waals surface area contributed by atoms with Gasteiger partial charge in [0, 0.05) is 0 Å². The molecule has 4 aromatic rings. The monoisotopic (exact) mass is 464 g/mol. The molecule has 0 aliphatic carbocycles. The second-order valence-corrected chi connectivity index (χ2v) is 12.3. The molecule has 0 saturated heterocycles. The fraction of sp³-hybridized carbons (Fsp3) is 0.0769. The maximum absolute atomic E-state index is 10.5. The van der Waals surface area contributed by atoms with Gasteiger partial charge in [0.05, 0.1) is 11.6 Å². The highest BCUT2D eigenvalue weighted by molar-refractivity contribution is 7.95. The van der Waals surface area contributed by atoms with Crippen LogP contribution in [0.15, 0.2) is 114 Å². The lowest BCUT2D eigenvalue weighted by Gasteiger charge is -2.22. The van der Waals surface area contributed by atoms with Gasteiger partial charge in [-0.15, -0.1) is 0 Å². The predicted octanol–water partition coefficient (Wildman–Crippen LogP) is 4.22. The van der Waals surface area contributed by atoms with E-state index >= 15 is 0 Å². The van der Waals surface area contributed by atoms with E-state index in [1.165, 1.54) is 35.0 Å². The number of benzene rings is 4. The van der Waals surface area contributed by atoms with Gasteiger partial charge in [-0.2, -0.15) is 0 Å². The average molecular weight is 465 g/mol. The molecule has 0 fully saturated rings. The van der Waals surface area contributed by atoms with Gasteiger partial charge in [0.1, 0.15) is 39.0 Å². The number of phenolic OH excluding ortho intramolecular Hbond substituents is 1. The van der Waals surface area contributed by atoms with Crippen LogP contribution < -0.4 is 15.9 Å². The summed E-state index contributed by atoms with van der Waals surface area (Å²) in [5.41, 5.74) is 0.336. The quantitative estimate of drug-likeness (QED) is 0.363. The lowest BCUT2D eigenvalue weighted by Crippen LogP contribution is -2.30. The number of hydrogen-bond donors (Lipinski definition) is 1. The average Bonchev–Trinajstić information content (AvgIpc) is 2.81. The third kappa shape index (κ3) is 5.43. The topological polar surface area (TPSA) is 77.4 Å². The Bertz CT molecular complexity index is 1160. The molecule has 32 heavy (non-hydrogen) atoms. The third-order valence-electron chi connectivity index (χ3n) is 5.26. The van der Waals surface area contributed by atoms with Crippen LogP contribution in [0.25, 0.3) is 0 Å². The van der Waals surface area contributed by atoms with Crippen molar-refractivity contribution in [2.24, 2.45) is 0 Å². The highest BCUT2D eigenvalue weighted by atomic mass is 32.2. The van der Waals surface area contributed by atoms with Gasteiger partial charge in [-0.05, 0) is 61.0 Å². The standard InChI is InChI=1S/C19H18P.C7H8O4S/c1-20(17-11-5-2-6-12-17,18-13-7-3-8-14-18)19-15-9-4-10-16-19;1-5-2-3-6(8)4-7(5)12(9,10)11/h2-16H,1H3;2-4,8H,1H3,(H,9,10,11)/q+1;/p-1. The van der Waals surface area contributed by atoms with E-state index in [-0.39, 0.29) is 10.6 Å². The molecule has 1 N–H and O–H groups in total. The predicted molar refractivity (Wildman–Crippen MR) is 132 cm³/mol. The molecule has 6 heteroatoms. The maximum atomic E-state index is 10.5. The SMILES string of the molecule is C[P+](c1ccccc1)(c1ccccc1)c1ccccc1.Cc1ccc(O)cc1S(=O)(=O)[O-]. The molecule has 4 aromatic carbocycles. The van der Waals surface area contributed by atoms with E-state index in [4.69, 9.17) is 5.11 Å². The molecule has 0 spiro atoms. The Kier molecular flexibility index (Phi) is 7.47. The number of hydrogen-bond acceptors (Lipinski definition) is 4. The number of rotatable bonds is 4. The molecule has 0 unspecified atom stereocenters. The zero-order valence-corrected chi connectivity index (χ0v) is 19.6. The summed E-state index contributed by atoms with van der Waals surface area (Å²) >= 11 is 0. The molecule has 0 amide bonds. The molecule has 0 saturated carbocycles. The first-order chi connectivity index (χ1) is 15.2. The zero-order valence-electron chi connectivity index (χ0n) is 17.9. The van der Waals surface area contributed by atoms with Crippen molar-refractivity contribution in [3.05, 3.63) is 115 Å². The fourth-order valence-electron chi connectivity index (χ4n) is 3.48. The van der Waals surface area contributed by atoms with Crippen molar-refractivity contribution in [2.45, 2.75) is 11.8 Å². The number of aryl methyl sites for hydroxylation is 1. The molecule has 4 nitrogen and oxygen atoms in total. The molecule has 0 atom stereocenters. The summed E-state index contributed by atoms with van der Waals surface area (Å²) in [6, 6.07) is 36.3. The highest BCUT2D eigenvalue weighted by Gasteiger charge is 2.39. The van der Waals surface area contributed by atoms with Gasteiger partial charge in [0.15, 0.2) is 0 Å². The Balaban J connectivity index is 0.000000207. The molecular weight excluding hydrogens is 439 g/mol. The van der Waals surface area contributed by atoms with Gasteiger partial charge in [-0.25, -0.2) is 8.42 Å². The van der Waals surface area contributed by atoms with Gasteiger partial charge in [0.2, 0.25) is 0 Å². The Morgan fingerprint density at radius 1 is 0.688 bits per heavy atom. The van der Waals surface area contributed by atoms with Gasteiger partial charge in [-0.3, -0.25) is 0 Å². The Morgan fingerprint density at radius 2 is 1.06 bits per heavy atom. The summed E-state index contributed by atoms with van der Waals surface area (Å²) in [4.78, 5) is -0.373. The minimum Gasteiger partial charge on any atom is -0.744 e. The van der Waals surface area contributed by atoms with Crippen molar-refractivity contribution in [3.8, 4) is 5.75 Å². The normalized spacial score (nSPS) is 11.3. The maximum Gasteiger partial charge on any atom is 0.124 e. The number of phenols is 1. The van der Waals surface area contributed by atoms with Crippen LogP contribution in [0.2, 0.25) is 0 Å². The fourth-order valence-corrected chi connectivity index (χ4v) is 7.41. The summed E-state index contributed by atoms with van der Waals surface area (Å²) in [5.74, 6) is -0.227. The van der Waals surface area contributed by atoms with E-state index in [9.17, 15) is 13.0 Å². The summed E-state index contributed by atoms with van der Waals surface area (Å²) in [5, 5.41) is 13.2. The van der Waals surface area contributed by atoms with E-state index < -0.39 is 17.4 Å². The van der Waals surface area contributed by atoms with Crippen LogP contribution in [-0.2, 0) is 10.1 Å². The third-order valence-corrected chi connectivity index (χ3v) is 10.2. The van der Waals surface area contributed by atoms with E-state index in [1.54, 1.807) is 0 Å². The van der Waals surface area contributed by atoms with Gasteiger partial charge in [0.25, 0.3) is 0 Å². The van der Waals surface area contributed by atoms with E-state index in [0.29, 0.717) is 5.56 Å². The Labute approximate surface area is 190 Å². The van der Waals surface area contributed by atoms with E-state index in [1.807, 2.05) is 0 Å². The summed E-state index contributed by atoms with van der Waals surface area (Å²) < 4.78 is 31.6. The number of aromatic hydroxyl groups is 1. The second kappa shape index (κ2) is 10.1.